The molecule has 2 heteroatoms. The first kappa shape index (κ1) is 13.6. The van der Waals surface area contributed by atoms with Crippen molar-refractivity contribution >= 4 is 0 Å². The monoisotopic (exact) mass is 248 g/mol. The van der Waals surface area contributed by atoms with Crippen LogP contribution in [0.2, 0.25) is 0 Å². The van der Waals surface area contributed by atoms with Gasteiger partial charge in [0.25, 0.3) is 0 Å². The normalized spacial score (nSPS) is 18.4. The molecule has 0 radical (unpaired) electrons. The van der Waals surface area contributed by atoms with Crippen LogP contribution in [0.1, 0.15) is 63.2 Å². The summed E-state index contributed by atoms with van der Waals surface area (Å²) in [5.41, 5.74) is 2.16. The van der Waals surface area contributed by atoms with Crippen LogP contribution in [-0.2, 0) is 4.74 Å². The predicted molar refractivity (Wildman–Crippen MR) is 73.7 cm³/mol. The van der Waals surface area contributed by atoms with Gasteiger partial charge in [-0.15, -0.1) is 0 Å². The number of aliphatic hydroxyl groups excluding tert-OH is 1. The standard InChI is InChI=1S/C16H24O2/c1-16(2,3)18-11-15(17)14-9-7-13(8-10-14)12-5-4-6-12/h7-10,12,15,17H,4-6,11H2,1-3H3. The highest BCUT2D eigenvalue weighted by molar-refractivity contribution is 5.27. The molecule has 0 heterocycles. The largest absolute Gasteiger partial charge is 0.386 e. The van der Waals surface area contributed by atoms with Crippen molar-refractivity contribution in [1.29, 1.82) is 0 Å². The van der Waals surface area contributed by atoms with Crippen molar-refractivity contribution in [3.05, 3.63) is 35.4 Å². The van der Waals surface area contributed by atoms with Crippen molar-refractivity contribution in [2.75, 3.05) is 6.61 Å². The van der Waals surface area contributed by atoms with E-state index in [1.807, 2.05) is 32.9 Å². The van der Waals surface area contributed by atoms with Crippen molar-refractivity contribution in [3.8, 4) is 0 Å². The van der Waals surface area contributed by atoms with E-state index in [0.29, 0.717) is 6.61 Å². The fraction of sp³-hybridized carbons (Fsp3) is 0.625. The summed E-state index contributed by atoms with van der Waals surface area (Å²) in [6, 6.07) is 8.37. The summed E-state index contributed by atoms with van der Waals surface area (Å²) in [7, 11) is 0. The minimum absolute atomic E-state index is 0.202. The van der Waals surface area contributed by atoms with Gasteiger partial charge in [-0.3, -0.25) is 0 Å². The zero-order chi connectivity index (χ0) is 13.2. The average molecular weight is 248 g/mol. The third kappa shape index (κ3) is 3.56. The maximum Gasteiger partial charge on any atom is 0.102 e. The number of aliphatic hydroxyl groups is 1. The Labute approximate surface area is 110 Å². The van der Waals surface area contributed by atoms with Crippen LogP contribution in [0.3, 0.4) is 0 Å². The van der Waals surface area contributed by atoms with Gasteiger partial charge >= 0.3 is 0 Å². The Morgan fingerprint density at radius 3 is 2.28 bits per heavy atom. The van der Waals surface area contributed by atoms with Crippen LogP contribution in [0.5, 0.6) is 0 Å². The van der Waals surface area contributed by atoms with Gasteiger partial charge in [0, 0.05) is 0 Å². The minimum atomic E-state index is -0.528. The molecular weight excluding hydrogens is 224 g/mol. The summed E-state index contributed by atoms with van der Waals surface area (Å²) in [5, 5.41) is 10.1. The van der Waals surface area contributed by atoms with Gasteiger partial charge in [-0.1, -0.05) is 30.7 Å². The number of hydrogen-bond acceptors (Lipinski definition) is 2. The summed E-state index contributed by atoms with van der Waals surface area (Å²) >= 11 is 0. The molecule has 1 aromatic carbocycles. The molecule has 0 bridgehead atoms. The molecule has 2 nitrogen and oxygen atoms in total. The molecule has 0 amide bonds. The molecule has 0 aromatic heterocycles. The number of benzene rings is 1. The van der Waals surface area contributed by atoms with Gasteiger partial charge in [0.2, 0.25) is 0 Å². The Balaban J connectivity index is 1.91. The van der Waals surface area contributed by atoms with Crippen molar-refractivity contribution in [1.82, 2.24) is 0 Å². The van der Waals surface area contributed by atoms with Crippen LogP contribution >= 0.6 is 0 Å². The van der Waals surface area contributed by atoms with E-state index >= 15 is 0 Å². The van der Waals surface area contributed by atoms with Crippen molar-refractivity contribution in [3.63, 3.8) is 0 Å². The lowest BCUT2D eigenvalue weighted by molar-refractivity contribution is -0.0496. The molecule has 1 aliphatic rings. The Morgan fingerprint density at radius 2 is 1.83 bits per heavy atom. The van der Waals surface area contributed by atoms with Crippen LogP contribution in [0.4, 0.5) is 0 Å². The second kappa shape index (κ2) is 5.41. The molecule has 0 saturated heterocycles. The van der Waals surface area contributed by atoms with Crippen LogP contribution in [0, 0.1) is 0 Å². The quantitative estimate of drug-likeness (QED) is 0.878. The van der Waals surface area contributed by atoms with Gasteiger partial charge in [-0.05, 0) is 50.7 Å². The van der Waals surface area contributed by atoms with Gasteiger partial charge in [0.15, 0.2) is 0 Å². The molecule has 2 rings (SSSR count). The van der Waals surface area contributed by atoms with E-state index in [9.17, 15) is 5.11 Å². The Kier molecular flexibility index (Phi) is 4.08. The summed E-state index contributed by atoms with van der Waals surface area (Å²) in [4.78, 5) is 0. The molecule has 1 aliphatic carbocycles. The third-order valence-electron chi connectivity index (χ3n) is 3.57. The molecule has 100 valence electrons. The van der Waals surface area contributed by atoms with Crippen LogP contribution in [0.15, 0.2) is 24.3 Å². The topological polar surface area (TPSA) is 29.5 Å². The van der Waals surface area contributed by atoms with E-state index in [-0.39, 0.29) is 5.60 Å². The lowest BCUT2D eigenvalue weighted by atomic mass is 9.80. The lowest BCUT2D eigenvalue weighted by Gasteiger charge is -2.26. The van der Waals surface area contributed by atoms with Crippen LogP contribution < -0.4 is 0 Å². The van der Waals surface area contributed by atoms with Crippen molar-refractivity contribution in [2.45, 2.75) is 57.7 Å². The Bertz CT molecular complexity index is 371. The summed E-state index contributed by atoms with van der Waals surface area (Å²) < 4.78 is 5.61. The molecule has 1 saturated carbocycles. The highest BCUT2D eigenvalue weighted by atomic mass is 16.5. The smallest absolute Gasteiger partial charge is 0.102 e. The average Bonchev–Trinajstić information content (AvgIpc) is 2.23. The highest BCUT2D eigenvalue weighted by Gasteiger charge is 2.20. The van der Waals surface area contributed by atoms with Gasteiger partial charge in [0.1, 0.15) is 6.10 Å². The van der Waals surface area contributed by atoms with E-state index < -0.39 is 6.10 Å². The van der Waals surface area contributed by atoms with Crippen molar-refractivity contribution in [2.24, 2.45) is 0 Å². The first-order valence-electron chi connectivity index (χ1n) is 6.87. The van der Waals surface area contributed by atoms with Gasteiger partial charge in [-0.2, -0.15) is 0 Å². The maximum absolute atomic E-state index is 10.1. The fourth-order valence-electron chi connectivity index (χ4n) is 2.16. The van der Waals surface area contributed by atoms with Crippen LogP contribution in [0.25, 0.3) is 0 Å². The van der Waals surface area contributed by atoms with Crippen molar-refractivity contribution < 1.29 is 9.84 Å². The fourth-order valence-corrected chi connectivity index (χ4v) is 2.16. The molecule has 1 atom stereocenters. The highest BCUT2D eigenvalue weighted by Crippen LogP contribution is 2.36. The first-order chi connectivity index (χ1) is 8.46. The molecule has 1 N–H and O–H groups in total. The number of rotatable bonds is 4. The second-order valence-electron chi connectivity index (χ2n) is 6.23. The predicted octanol–water partition coefficient (Wildman–Crippen LogP) is 3.80. The molecule has 0 spiro atoms. The van der Waals surface area contributed by atoms with Gasteiger partial charge < -0.3 is 9.84 Å². The summed E-state index contributed by atoms with van der Waals surface area (Å²) in [6.45, 7) is 6.35. The van der Waals surface area contributed by atoms with E-state index in [2.05, 4.69) is 12.1 Å². The van der Waals surface area contributed by atoms with E-state index in [1.165, 1.54) is 24.8 Å². The van der Waals surface area contributed by atoms with E-state index in [4.69, 9.17) is 4.74 Å². The number of ether oxygens (including phenoxy) is 1. The molecule has 1 unspecified atom stereocenters. The zero-order valence-corrected chi connectivity index (χ0v) is 11.6. The molecular formula is C16H24O2. The maximum atomic E-state index is 10.1. The third-order valence-corrected chi connectivity index (χ3v) is 3.57. The zero-order valence-electron chi connectivity index (χ0n) is 11.6. The molecule has 18 heavy (non-hydrogen) atoms. The second-order valence-corrected chi connectivity index (χ2v) is 6.23. The number of hydrogen-bond donors (Lipinski definition) is 1. The lowest BCUT2D eigenvalue weighted by Crippen LogP contribution is -2.22. The Hall–Kier alpha value is -0.860. The molecule has 0 aliphatic heterocycles. The first-order valence-corrected chi connectivity index (χ1v) is 6.87. The minimum Gasteiger partial charge on any atom is -0.386 e. The van der Waals surface area contributed by atoms with Crippen LogP contribution in [-0.4, -0.2) is 17.3 Å². The molecule has 1 fully saturated rings. The Morgan fingerprint density at radius 1 is 1.22 bits per heavy atom. The van der Waals surface area contributed by atoms with E-state index in [0.717, 1.165) is 11.5 Å². The van der Waals surface area contributed by atoms with Gasteiger partial charge in [0.05, 0.1) is 12.2 Å². The SMILES string of the molecule is CC(C)(C)OCC(O)c1ccc(C2CCC2)cc1. The van der Waals surface area contributed by atoms with Gasteiger partial charge in [-0.25, -0.2) is 0 Å². The van der Waals surface area contributed by atoms with E-state index in [1.54, 1.807) is 0 Å². The summed E-state index contributed by atoms with van der Waals surface area (Å²) in [6.07, 6.45) is 3.46. The molecule has 1 aromatic rings. The summed E-state index contributed by atoms with van der Waals surface area (Å²) in [5.74, 6) is 0.752.